The Labute approximate surface area is 122 Å². The third kappa shape index (κ3) is 4.04. The highest BCUT2D eigenvalue weighted by Gasteiger charge is 2.06. The minimum absolute atomic E-state index is 0.211. The molecule has 0 unspecified atom stereocenters. The quantitative estimate of drug-likeness (QED) is 0.676. The molecule has 1 aromatic heterocycles. The Bertz CT molecular complexity index is 622. The fraction of sp³-hybridized carbons (Fsp3) is 0.133. The zero-order chi connectivity index (χ0) is 15.1. The van der Waals surface area contributed by atoms with Gasteiger partial charge in [-0.3, -0.25) is 4.79 Å². The molecule has 6 nitrogen and oxygen atoms in total. The van der Waals surface area contributed by atoms with E-state index in [-0.39, 0.29) is 5.91 Å². The van der Waals surface area contributed by atoms with Crippen molar-refractivity contribution < 1.29 is 14.4 Å². The number of amides is 1. The Balaban J connectivity index is 2.03. The number of benzene rings is 1. The van der Waals surface area contributed by atoms with Crippen LogP contribution in [0.3, 0.4) is 0 Å². The molecule has 0 aliphatic rings. The summed E-state index contributed by atoms with van der Waals surface area (Å²) < 4.78 is 4.96. The van der Waals surface area contributed by atoms with Gasteiger partial charge in [0.15, 0.2) is 0 Å². The molecule has 2 rings (SSSR count). The van der Waals surface area contributed by atoms with Gasteiger partial charge in [0.1, 0.15) is 7.11 Å². The van der Waals surface area contributed by atoms with Gasteiger partial charge in [0.05, 0.1) is 25.2 Å². The maximum absolute atomic E-state index is 12.1. The molecule has 0 saturated carbocycles. The molecule has 0 spiro atoms. The van der Waals surface area contributed by atoms with Crippen LogP contribution in [0, 0.1) is 0 Å². The standard InChI is InChI=1S/C15H15N3O3/c1-20-14-8-7-13(10-16-14)18-15(19)12-5-3-11(4-6-12)9-17-21-2/h3-10H,1-2H3,(H,18,19)/b17-9+. The van der Waals surface area contributed by atoms with E-state index in [1.807, 2.05) is 0 Å². The molecule has 1 N–H and O–H groups in total. The lowest BCUT2D eigenvalue weighted by Gasteiger charge is -2.06. The third-order valence-electron chi connectivity index (χ3n) is 2.68. The average molecular weight is 285 g/mol. The lowest BCUT2D eigenvalue weighted by molar-refractivity contribution is 0.102. The number of nitrogens with zero attached hydrogens (tertiary/aromatic N) is 2. The van der Waals surface area contributed by atoms with Gasteiger partial charge in [0.2, 0.25) is 5.88 Å². The number of pyridine rings is 1. The number of aromatic nitrogens is 1. The first kappa shape index (κ1) is 14.5. The Morgan fingerprint density at radius 1 is 1.19 bits per heavy atom. The monoisotopic (exact) mass is 285 g/mol. The van der Waals surface area contributed by atoms with Crippen LogP contribution in [0.4, 0.5) is 5.69 Å². The molecule has 0 atom stereocenters. The lowest BCUT2D eigenvalue weighted by Crippen LogP contribution is -2.12. The number of nitrogens with one attached hydrogen (secondary N) is 1. The van der Waals surface area contributed by atoms with Gasteiger partial charge in [-0.25, -0.2) is 4.98 Å². The van der Waals surface area contributed by atoms with Crippen LogP contribution in [0.1, 0.15) is 15.9 Å². The molecule has 108 valence electrons. The number of hydrogen-bond acceptors (Lipinski definition) is 5. The molecule has 0 fully saturated rings. The van der Waals surface area contributed by atoms with E-state index in [1.165, 1.54) is 20.4 Å². The summed E-state index contributed by atoms with van der Waals surface area (Å²) in [5, 5.41) is 6.41. The van der Waals surface area contributed by atoms with Crippen LogP contribution in [0.2, 0.25) is 0 Å². The van der Waals surface area contributed by atoms with Crippen molar-refractivity contribution in [1.82, 2.24) is 4.98 Å². The maximum Gasteiger partial charge on any atom is 0.255 e. The predicted molar refractivity (Wildman–Crippen MR) is 79.8 cm³/mol. The van der Waals surface area contributed by atoms with E-state index in [1.54, 1.807) is 42.6 Å². The van der Waals surface area contributed by atoms with E-state index < -0.39 is 0 Å². The number of methoxy groups -OCH3 is 1. The summed E-state index contributed by atoms with van der Waals surface area (Å²) in [6, 6.07) is 10.4. The summed E-state index contributed by atoms with van der Waals surface area (Å²) in [5.74, 6) is 0.284. The zero-order valence-electron chi connectivity index (χ0n) is 11.7. The van der Waals surface area contributed by atoms with E-state index in [0.717, 1.165) is 5.56 Å². The Kier molecular flexibility index (Phi) is 4.87. The van der Waals surface area contributed by atoms with Gasteiger partial charge >= 0.3 is 0 Å². The van der Waals surface area contributed by atoms with Crippen molar-refractivity contribution in [3.05, 3.63) is 53.7 Å². The normalized spacial score (nSPS) is 10.4. The van der Waals surface area contributed by atoms with E-state index in [9.17, 15) is 4.79 Å². The number of ether oxygens (including phenoxy) is 1. The van der Waals surface area contributed by atoms with Gasteiger partial charge in [-0.2, -0.15) is 0 Å². The number of oxime groups is 1. The molecule has 21 heavy (non-hydrogen) atoms. The highest BCUT2D eigenvalue weighted by Crippen LogP contribution is 2.12. The van der Waals surface area contributed by atoms with Crippen molar-refractivity contribution in [3.8, 4) is 5.88 Å². The summed E-state index contributed by atoms with van der Waals surface area (Å²) in [6.07, 6.45) is 3.10. The zero-order valence-corrected chi connectivity index (χ0v) is 11.7. The number of anilines is 1. The van der Waals surface area contributed by atoms with Crippen LogP contribution in [0.25, 0.3) is 0 Å². The van der Waals surface area contributed by atoms with Crippen molar-refractivity contribution in [1.29, 1.82) is 0 Å². The molecule has 1 aromatic carbocycles. The number of carbonyl (C=O) groups excluding carboxylic acids is 1. The summed E-state index contributed by atoms with van der Waals surface area (Å²) in [6.45, 7) is 0. The third-order valence-corrected chi connectivity index (χ3v) is 2.68. The first-order valence-electron chi connectivity index (χ1n) is 6.21. The molecule has 0 aliphatic heterocycles. The largest absolute Gasteiger partial charge is 0.481 e. The average Bonchev–Trinajstić information content (AvgIpc) is 2.54. The van der Waals surface area contributed by atoms with Crippen LogP contribution in [-0.2, 0) is 4.84 Å². The number of carbonyl (C=O) groups is 1. The molecule has 2 aromatic rings. The molecule has 0 aliphatic carbocycles. The lowest BCUT2D eigenvalue weighted by atomic mass is 10.1. The minimum atomic E-state index is -0.211. The SMILES string of the molecule is CO/N=C/c1ccc(C(=O)Nc2ccc(OC)nc2)cc1. The highest BCUT2D eigenvalue weighted by atomic mass is 16.6. The van der Waals surface area contributed by atoms with Crippen molar-refractivity contribution in [3.63, 3.8) is 0 Å². The Hall–Kier alpha value is -2.89. The number of rotatable bonds is 5. The summed E-state index contributed by atoms with van der Waals surface area (Å²) >= 11 is 0. The van der Waals surface area contributed by atoms with E-state index in [4.69, 9.17) is 4.74 Å². The predicted octanol–water partition coefficient (Wildman–Crippen LogP) is 2.32. The van der Waals surface area contributed by atoms with E-state index in [2.05, 4.69) is 20.3 Å². The van der Waals surface area contributed by atoms with Gasteiger partial charge in [-0.05, 0) is 23.8 Å². The van der Waals surface area contributed by atoms with Crippen LogP contribution < -0.4 is 10.1 Å². The summed E-state index contributed by atoms with van der Waals surface area (Å²) in [5.41, 5.74) is 1.99. The molecular formula is C15H15N3O3. The van der Waals surface area contributed by atoms with Gasteiger partial charge in [-0.15, -0.1) is 0 Å². The number of hydrogen-bond donors (Lipinski definition) is 1. The van der Waals surface area contributed by atoms with Crippen LogP contribution >= 0.6 is 0 Å². The molecule has 1 heterocycles. The second kappa shape index (κ2) is 7.04. The van der Waals surface area contributed by atoms with Crippen molar-refractivity contribution in [2.24, 2.45) is 5.16 Å². The molecule has 0 saturated heterocycles. The van der Waals surface area contributed by atoms with Crippen LogP contribution in [0.15, 0.2) is 47.8 Å². The summed E-state index contributed by atoms with van der Waals surface area (Å²) in [7, 11) is 3.01. The second-order valence-corrected chi connectivity index (χ2v) is 4.08. The molecular weight excluding hydrogens is 270 g/mol. The Morgan fingerprint density at radius 2 is 1.95 bits per heavy atom. The molecule has 1 amide bonds. The fourth-order valence-corrected chi connectivity index (χ4v) is 1.61. The van der Waals surface area contributed by atoms with E-state index in [0.29, 0.717) is 17.1 Å². The molecule has 0 radical (unpaired) electrons. The van der Waals surface area contributed by atoms with Crippen molar-refractivity contribution in [2.75, 3.05) is 19.5 Å². The topological polar surface area (TPSA) is 72.8 Å². The summed E-state index contributed by atoms with van der Waals surface area (Å²) in [4.78, 5) is 20.7. The van der Waals surface area contributed by atoms with Gasteiger partial charge in [0, 0.05) is 11.6 Å². The Morgan fingerprint density at radius 3 is 2.52 bits per heavy atom. The minimum Gasteiger partial charge on any atom is -0.481 e. The second-order valence-electron chi connectivity index (χ2n) is 4.08. The fourth-order valence-electron chi connectivity index (χ4n) is 1.61. The molecule has 0 bridgehead atoms. The van der Waals surface area contributed by atoms with Crippen molar-refractivity contribution in [2.45, 2.75) is 0 Å². The smallest absolute Gasteiger partial charge is 0.255 e. The highest BCUT2D eigenvalue weighted by molar-refractivity contribution is 6.04. The van der Waals surface area contributed by atoms with Crippen LogP contribution in [-0.4, -0.2) is 31.3 Å². The van der Waals surface area contributed by atoms with Gasteiger partial charge in [-0.1, -0.05) is 17.3 Å². The molecule has 6 heteroatoms. The first-order valence-corrected chi connectivity index (χ1v) is 6.21. The van der Waals surface area contributed by atoms with Crippen molar-refractivity contribution >= 4 is 17.8 Å². The first-order chi connectivity index (χ1) is 10.2. The maximum atomic E-state index is 12.1. The van der Waals surface area contributed by atoms with Gasteiger partial charge < -0.3 is 14.9 Å². The van der Waals surface area contributed by atoms with Crippen LogP contribution in [0.5, 0.6) is 5.88 Å². The van der Waals surface area contributed by atoms with Gasteiger partial charge in [0.25, 0.3) is 5.91 Å². The van der Waals surface area contributed by atoms with E-state index >= 15 is 0 Å².